The molecule has 0 amide bonds. The Bertz CT molecular complexity index is 1730. The Kier molecular flexibility index (Phi) is 2.80. The number of rotatable bonds is 0. The Hall–Kier alpha value is -3.84. The second-order valence-corrected chi connectivity index (χ2v) is 8.97. The predicted molar refractivity (Wildman–Crippen MR) is 129 cm³/mol. The predicted octanol–water partition coefficient (Wildman–Crippen LogP) is 7.39. The van der Waals surface area contributed by atoms with Gasteiger partial charge in [0, 0.05) is 17.0 Å². The number of nitrogens with zero attached hydrogens (tertiary/aromatic N) is 1. The number of fused-ring (bicyclic) bond motifs is 13. The molecule has 0 saturated heterocycles. The maximum Gasteiger partial charge on any atom is 0.0535 e. The summed E-state index contributed by atoms with van der Waals surface area (Å²) in [6.07, 6.45) is 4.27. The molecule has 0 saturated carbocycles. The van der Waals surface area contributed by atoms with Gasteiger partial charge in [-0.15, -0.1) is 0 Å². The van der Waals surface area contributed by atoms with Gasteiger partial charge in [-0.3, -0.25) is 0 Å². The van der Waals surface area contributed by atoms with Crippen LogP contribution in [0.4, 0.5) is 0 Å². The molecule has 2 aromatic heterocycles. The fraction of sp³-hybridized carbons (Fsp3) is 0.0667. The molecule has 0 bridgehead atoms. The van der Waals surface area contributed by atoms with Crippen LogP contribution >= 0.6 is 0 Å². The van der Waals surface area contributed by atoms with Gasteiger partial charge in [-0.1, -0.05) is 54.6 Å². The Morgan fingerprint density at radius 1 is 0.516 bits per heavy atom. The Balaban J connectivity index is 1.47. The zero-order valence-corrected chi connectivity index (χ0v) is 17.0. The monoisotopic (exact) mass is 393 g/mol. The number of hydrogen-bond donors (Lipinski definition) is 0. The molecule has 2 heterocycles. The zero-order valence-electron chi connectivity index (χ0n) is 17.0. The molecule has 4 aromatic carbocycles. The first-order valence-electron chi connectivity index (χ1n) is 11.0. The maximum atomic E-state index is 2.47. The number of hydrogen-bond acceptors (Lipinski definition) is 0. The van der Waals surface area contributed by atoms with E-state index in [1.54, 1.807) is 0 Å². The van der Waals surface area contributed by atoms with Gasteiger partial charge in [0.1, 0.15) is 0 Å². The van der Waals surface area contributed by atoms with Crippen molar-refractivity contribution in [1.29, 1.82) is 0 Å². The Morgan fingerprint density at radius 3 is 2.35 bits per heavy atom. The van der Waals surface area contributed by atoms with E-state index in [2.05, 4.69) is 95.5 Å². The van der Waals surface area contributed by atoms with Gasteiger partial charge in [-0.05, 0) is 93.1 Å². The number of aromatic nitrogens is 1. The van der Waals surface area contributed by atoms with E-state index < -0.39 is 0 Å². The largest absolute Gasteiger partial charge is 0.316 e. The van der Waals surface area contributed by atoms with Gasteiger partial charge >= 0.3 is 0 Å². The molecule has 2 aliphatic rings. The summed E-state index contributed by atoms with van der Waals surface area (Å²) < 4.78 is 2.33. The van der Waals surface area contributed by atoms with E-state index in [0.717, 1.165) is 12.8 Å². The first kappa shape index (κ1) is 15.9. The molecule has 1 heteroatoms. The normalized spacial score (nSPS) is 13.5. The lowest BCUT2D eigenvalue weighted by molar-refractivity contribution is 1.24. The molecular formula is C30H19N. The second-order valence-electron chi connectivity index (χ2n) is 8.97. The van der Waals surface area contributed by atoms with Gasteiger partial charge in [-0.25, -0.2) is 0 Å². The van der Waals surface area contributed by atoms with Crippen molar-refractivity contribution in [3.05, 3.63) is 113 Å². The molecule has 0 N–H and O–H groups in total. The van der Waals surface area contributed by atoms with Crippen molar-refractivity contribution in [3.63, 3.8) is 0 Å². The summed E-state index contributed by atoms with van der Waals surface area (Å²) in [6.45, 7) is 0. The van der Waals surface area contributed by atoms with Gasteiger partial charge in [0.2, 0.25) is 0 Å². The molecule has 2 aliphatic carbocycles. The lowest BCUT2D eigenvalue weighted by Crippen LogP contribution is -1.91. The van der Waals surface area contributed by atoms with Crippen LogP contribution in [0.1, 0.15) is 22.3 Å². The van der Waals surface area contributed by atoms with E-state index in [-0.39, 0.29) is 0 Å². The van der Waals surface area contributed by atoms with Crippen LogP contribution in [0.2, 0.25) is 0 Å². The van der Waals surface area contributed by atoms with Crippen molar-refractivity contribution >= 4 is 27.2 Å². The molecule has 0 fully saturated rings. The van der Waals surface area contributed by atoms with Crippen LogP contribution < -0.4 is 0 Å². The highest BCUT2D eigenvalue weighted by Gasteiger charge is 2.28. The lowest BCUT2D eigenvalue weighted by Gasteiger charge is -2.12. The molecule has 0 atom stereocenters. The first-order chi connectivity index (χ1) is 15.4. The van der Waals surface area contributed by atoms with Crippen LogP contribution in [-0.4, -0.2) is 4.40 Å². The zero-order chi connectivity index (χ0) is 20.1. The summed E-state index contributed by atoms with van der Waals surface area (Å²) >= 11 is 0. The van der Waals surface area contributed by atoms with Crippen LogP contribution in [0, 0.1) is 0 Å². The highest BCUT2D eigenvalue weighted by atomic mass is 14.9. The molecule has 144 valence electrons. The topological polar surface area (TPSA) is 4.41 Å². The molecule has 1 nitrogen and oxygen atoms in total. The van der Waals surface area contributed by atoms with Crippen molar-refractivity contribution in [3.8, 4) is 22.3 Å². The number of benzene rings is 4. The van der Waals surface area contributed by atoms with Gasteiger partial charge in [0.05, 0.1) is 11.0 Å². The van der Waals surface area contributed by atoms with Crippen LogP contribution in [0.15, 0.2) is 91.1 Å². The van der Waals surface area contributed by atoms with Crippen LogP contribution in [0.3, 0.4) is 0 Å². The summed E-state index contributed by atoms with van der Waals surface area (Å²) in [5.74, 6) is 0. The van der Waals surface area contributed by atoms with Crippen molar-refractivity contribution in [2.75, 3.05) is 0 Å². The summed E-state index contributed by atoms with van der Waals surface area (Å²) in [4.78, 5) is 0. The second kappa shape index (κ2) is 5.44. The van der Waals surface area contributed by atoms with Crippen molar-refractivity contribution in [1.82, 2.24) is 4.40 Å². The minimum absolute atomic E-state index is 1.03. The van der Waals surface area contributed by atoms with E-state index in [1.807, 2.05) is 0 Å². The number of pyridine rings is 1. The van der Waals surface area contributed by atoms with E-state index >= 15 is 0 Å². The molecular weight excluding hydrogens is 374 g/mol. The van der Waals surface area contributed by atoms with Crippen LogP contribution in [0.25, 0.3) is 49.4 Å². The summed E-state index contributed by atoms with van der Waals surface area (Å²) in [6, 6.07) is 31.8. The summed E-state index contributed by atoms with van der Waals surface area (Å²) in [5, 5.41) is 4.04. The average Bonchev–Trinajstić information content (AvgIpc) is 3.52. The summed E-state index contributed by atoms with van der Waals surface area (Å²) in [7, 11) is 0. The molecule has 0 radical (unpaired) electrons. The van der Waals surface area contributed by atoms with E-state index in [0.29, 0.717) is 0 Å². The van der Waals surface area contributed by atoms with E-state index in [9.17, 15) is 0 Å². The highest BCUT2D eigenvalue weighted by molar-refractivity contribution is 6.14. The smallest absolute Gasteiger partial charge is 0.0535 e. The molecule has 6 aromatic rings. The van der Waals surface area contributed by atoms with Crippen molar-refractivity contribution in [2.45, 2.75) is 12.8 Å². The lowest BCUT2D eigenvalue weighted by atomic mass is 9.95. The third kappa shape index (κ3) is 1.92. The van der Waals surface area contributed by atoms with E-state index in [4.69, 9.17) is 0 Å². The van der Waals surface area contributed by atoms with Gasteiger partial charge in [0.15, 0.2) is 0 Å². The van der Waals surface area contributed by atoms with Gasteiger partial charge in [0.25, 0.3) is 0 Å². The fourth-order valence-electron chi connectivity index (χ4n) is 6.13. The molecule has 0 unspecified atom stereocenters. The minimum atomic E-state index is 1.03. The Labute approximate surface area is 180 Å². The minimum Gasteiger partial charge on any atom is -0.316 e. The van der Waals surface area contributed by atoms with Crippen LogP contribution in [-0.2, 0) is 12.8 Å². The number of para-hydroxylation sites is 1. The van der Waals surface area contributed by atoms with Gasteiger partial charge in [-0.2, -0.15) is 0 Å². The SMILES string of the molecule is c1ccc2c(c1)Cc1ccc3c(c1-2)Cc1cc2c4ccccc4n4cccc4c2cc1-3. The third-order valence-electron chi connectivity index (χ3n) is 7.45. The first-order valence-corrected chi connectivity index (χ1v) is 11.0. The maximum absolute atomic E-state index is 2.47. The quantitative estimate of drug-likeness (QED) is 0.237. The van der Waals surface area contributed by atoms with E-state index in [1.165, 1.54) is 71.7 Å². The van der Waals surface area contributed by atoms with Gasteiger partial charge < -0.3 is 4.40 Å². The highest BCUT2D eigenvalue weighted by Crippen LogP contribution is 2.49. The average molecular weight is 393 g/mol. The molecule has 31 heavy (non-hydrogen) atoms. The summed E-state index contributed by atoms with van der Waals surface area (Å²) in [5.41, 5.74) is 14.3. The Morgan fingerprint density at radius 2 is 1.35 bits per heavy atom. The van der Waals surface area contributed by atoms with Crippen molar-refractivity contribution in [2.24, 2.45) is 0 Å². The molecule has 0 aliphatic heterocycles. The fourth-order valence-corrected chi connectivity index (χ4v) is 6.13. The standard InChI is InChI=1S/C30H19N/c1-2-7-21-18(6-1)14-19-11-12-22-24-17-26-25(15-20(24)16-27(22)30(19)21)23-8-3-4-9-28(23)31-13-5-10-29(26)31/h1-13,15,17H,14,16H2. The van der Waals surface area contributed by atoms with Crippen LogP contribution in [0.5, 0.6) is 0 Å². The molecule has 8 rings (SSSR count). The van der Waals surface area contributed by atoms with Crippen molar-refractivity contribution < 1.29 is 0 Å². The third-order valence-corrected chi connectivity index (χ3v) is 7.45. The molecule has 0 spiro atoms.